The van der Waals surface area contributed by atoms with Crippen molar-refractivity contribution in [1.82, 2.24) is 9.97 Å². The van der Waals surface area contributed by atoms with E-state index in [9.17, 15) is 17.8 Å². The first-order valence-electron chi connectivity index (χ1n) is 8.98. The van der Waals surface area contributed by atoms with Crippen molar-refractivity contribution in [2.45, 2.75) is 13.3 Å². The second-order valence-corrected chi connectivity index (χ2v) is 7.66. The number of allylic oxidation sites excluding steroid dienone is 1. The Morgan fingerprint density at radius 1 is 1.40 bits per heavy atom. The SMILES string of the molecule is CCCS(=O)Nc1ccc(F)c(C(=O)c2c[nH]c3ncc(/C(C=N)=C/N)cc23)c1F. The second-order valence-electron chi connectivity index (χ2n) is 6.35. The van der Waals surface area contributed by atoms with Crippen LogP contribution in [0.15, 0.2) is 36.8 Å². The molecule has 3 rings (SSSR count). The molecule has 10 heteroatoms. The first-order valence-corrected chi connectivity index (χ1v) is 10.3. The summed E-state index contributed by atoms with van der Waals surface area (Å²) in [6.45, 7) is 1.82. The van der Waals surface area contributed by atoms with Crippen LogP contribution in [0.25, 0.3) is 16.6 Å². The molecule has 0 aliphatic carbocycles. The first kappa shape index (κ1) is 21.3. The van der Waals surface area contributed by atoms with E-state index in [-0.39, 0.29) is 17.0 Å². The minimum Gasteiger partial charge on any atom is -0.404 e. The summed E-state index contributed by atoms with van der Waals surface area (Å²) in [7, 11) is -1.56. The normalized spacial score (nSPS) is 12.7. The number of anilines is 1. The molecule has 0 bridgehead atoms. The zero-order valence-corrected chi connectivity index (χ0v) is 16.8. The Kier molecular flexibility index (Phi) is 6.36. The average molecular weight is 431 g/mol. The molecule has 0 aliphatic rings. The number of nitrogens with zero attached hydrogens (tertiary/aromatic N) is 1. The number of pyridine rings is 1. The van der Waals surface area contributed by atoms with Gasteiger partial charge in [-0.1, -0.05) is 6.92 Å². The molecule has 2 heterocycles. The number of carbonyl (C=O) groups is 1. The molecule has 0 aliphatic heterocycles. The highest BCUT2D eigenvalue weighted by Gasteiger charge is 2.25. The molecule has 5 N–H and O–H groups in total. The van der Waals surface area contributed by atoms with Gasteiger partial charge in [-0.2, -0.15) is 0 Å². The molecule has 1 atom stereocenters. The van der Waals surface area contributed by atoms with Crippen LogP contribution in [-0.2, 0) is 11.0 Å². The van der Waals surface area contributed by atoms with Crippen LogP contribution >= 0.6 is 0 Å². The van der Waals surface area contributed by atoms with Crippen LogP contribution in [0.1, 0.15) is 34.8 Å². The standard InChI is InChI=1S/C20H19F2N5O2S/c1-2-5-30(29)27-16-4-3-15(21)17(18(16)22)19(28)14-10-26-20-13(14)6-11(9-25-20)12(7-23)8-24/h3-4,6-10,23,27H,2,5,24H2,1H3,(H,25,26)/b12-8+,23-7?. The summed E-state index contributed by atoms with van der Waals surface area (Å²) in [5.41, 5.74) is 5.69. The third kappa shape index (κ3) is 3.99. The number of aromatic nitrogens is 2. The molecule has 1 aromatic carbocycles. The van der Waals surface area contributed by atoms with Crippen molar-refractivity contribution in [3.8, 4) is 0 Å². The number of aromatic amines is 1. The van der Waals surface area contributed by atoms with Gasteiger partial charge < -0.3 is 20.8 Å². The lowest BCUT2D eigenvalue weighted by Crippen LogP contribution is -2.13. The van der Waals surface area contributed by atoms with Gasteiger partial charge in [-0.25, -0.2) is 18.0 Å². The van der Waals surface area contributed by atoms with Crippen LogP contribution in [0.5, 0.6) is 0 Å². The van der Waals surface area contributed by atoms with Gasteiger partial charge in [0.05, 0.1) is 11.3 Å². The smallest absolute Gasteiger partial charge is 0.201 e. The molecule has 0 radical (unpaired) electrons. The van der Waals surface area contributed by atoms with Gasteiger partial charge in [0, 0.05) is 52.6 Å². The van der Waals surface area contributed by atoms with Gasteiger partial charge in [-0.3, -0.25) is 4.79 Å². The molecular formula is C20H19F2N5O2S. The van der Waals surface area contributed by atoms with Gasteiger partial charge in [0.1, 0.15) is 22.5 Å². The summed E-state index contributed by atoms with van der Waals surface area (Å²) < 4.78 is 43.8. The lowest BCUT2D eigenvalue weighted by atomic mass is 10.00. The number of fused-ring (bicyclic) bond motifs is 1. The Morgan fingerprint density at radius 2 is 2.17 bits per heavy atom. The van der Waals surface area contributed by atoms with Crippen LogP contribution in [-0.4, -0.2) is 31.9 Å². The lowest BCUT2D eigenvalue weighted by molar-refractivity contribution is 0.103. The number of benzene rings is 1. The van der Waals surface area contributed by atoms with Crippen LogP contribution in [0.2, 0.25) is 0 Å². The number of hydrogen-bond acceptors (Lipinski definition) is 5. The molecular weight excluding hydrogens is 412 g/mol. The predicted octanol–water partition coefficient (Wildman–Crippen LogP) is 3.51. The Bertz CT molecular complexity index is 1190. The number of H-pyrrole nitrogens is 1. The van der Waals surface area contributed by atoms with Crippen molar-refractivity contribution in [3.63, 3.8) is 0 Å². The summed E-state index contributed by atoms with van der Waals surface area (Å²) in [5, 5.41) is 7.72. The average Bonchev–Trinajstić information content (AvgIpc) is 3.15. The summed E-state index contributed by atoms with van der Waals surface area (Å²) in [4.78, 5) is 20.0. The maximum atomic E-state index is 15.0. The minimum atomic E-state index is -1.56. The highest BCUT2D eigenvalue weighted by atomic mass is 32.2. The van der Waals surface area contributed by atoms with Gasteiger partial charge in [0.2, 0.25) is 5.78 Å². The molecule has 0 amide bonds. The van der Waals surface area contributed by atoms with E-state index in [0.717, 1.165) is 18.3 Å². The fraction of sp³-hybridized carbons (Fsp3) is 0.150. The second kappa shape index (κ2) is 8.95. The van der Waals surface area contributed by atoms with Gasteiger partial charge in [0.15, 0.2) is 5.82 Å². The van der Waals surface area contributed by atoms with Crippen molar-refractivity contribution >= 4 is 45.3 Å². The minimum absolute atomic E-state index is 0.00494. The zero-order chi connectivity index (χ0) is 21.8. The molecule has 3 aromatic rings. The summed E-state index contributed by atoms with van der Waals surface area (Å²) in [6, 6.07) is 3.61. The third-order valence-corrected chi connectivity index (χ3v) is 5.60. The molecule has 0 saturated heterocycles. The Morgan fingerprint density at radius 3 is 2.83 bits per heavy atom. The predicted molar refractivity (Wildman–Crippen MR) is 114 cm³/mol. The zero-order valence-electron chi connectivity index (χ0n) is 16.0. The maximum Gasteiger partial charge on any atom is 0.201 e. The van der Waals surface area contributed by atoms with E-state index in [4.69, 9.17) is 11.1 Å². The molecule has 0 fully saturated rings. The van der Waals surface area contributed by atoms with Crippen LogP contribution in [0.4, 0.5) is 14.5 Å². The largest absolute Gasteiger partial charge is 0.404 e. The Hall–Kier alpha value is -3.40. The lowest BCUT2D eigenvalue weighted by Gasteiger charge is -2.10. The van der Waals surface area contributed by atoms with Crippen molar-refractivity contribution in [3.05, 3.63) is 65.1 Å². The fourth-order valence-electron chi connectivity index (χ4n) is 2.91. The quantitative estimate of drug-likeness (QED) is 0.322. The number of ketones is 1. The van der Waals surface area contributed by atoms with E-state index in [1.807, 2.05) is 6.92 Å². The third-order valence-electron chi connectivity index (χ3n) is 4.38. The van der Waals surface area contributed by atoms with E-state index >= 15 is 0 Å². The molecule has 2 aromatic heterocycles. The molecule has 0 spiro atoms. The van der Waals surface area contributed by atoms with E-state index < -0.39 is 34.0 Å². The molecule has 7 nitrogen and oxygen atoms in total. The Balaban J connectivity index is 2.08. The van der Waals surface area contributed by atoms with Crippen molar-refractivity contribution in [2.24, 2.45) is 5.73 Å². The van der Waals surface area contributed by atoms with Crippen LogP contribution < -0.4 is 10.5 Å². The monoisotopic (exact) mass is 431 g/mol. The number of carbonyl (C=O) groups excluding carboxylic acids is 1. The fourth-order valence-corrected chi connectivity index (χ4v) is 3.79. The summed E-state index contributed by atoms with van der Waals surface area (Å²) >= 11 is 0. The number of hydrogen-bond donors (Lipinski definition) is 4. The van der Waals surface area contributed by atoms with E-state index in [0.29, 0.717) is 28.6 Å². The van der Waals surface area contributed by atoms with Crippen LogP contribution in [0.3, 0.4) is 0 Å². The van der Waals surface area contributed by atoms with Crippen molar-refractivity contribution in [1.29, 1.82) is 5.41 Å². The molecule has 1 unspecified atom stereocenters. The highest BCUT2D eigenvalue weighted by molar-refractivity contribution is 7.86. The highest BCUT2D eigenvalue weighted by Crippen LogP contribution is 2.28. The molecule has 156 valence electrons. The van der Waals surface area contributed by atoms with Gasteiger partial charge in [-0.05, 0) is 24.6 Å². The number of nitrogens with two attached hydrogens (primary N) is 1. The molecule has 0 saturated carbocycles. The van der Waals surface area contributed by atoms with Crippen molar-refractivity contribution in [2.75, 3.05) is 10.5 Å². The van der Waals surface area contributed by atoms with Gasteiger partial charge in [0.25, 0.3) is 0 Å². The first-order chi connectivity index (χ1) is 14.4. The van der Waals surface area contributed by atoms with Crippen molar-refractivity contribution < 1.29 is 17.8 Å². The number of rotatable bonds is 8. The van der Waals surface area contributed by atoms with Gasteiger partial charge in [-0.15, -0.1) is 0 Å². The summed E-state index contributed by atoms with van der Waals surface area (Å²) in [5.74, 6) is -2.77. The Labute approximate surface area is 173 Å². The number of nitrogens with one attached hydrogen (secondary N) is 3. The number of halogens is 2. The van der Waals surface area contributed by atoms with Gasteiger partial charge >= 0.3 is 0 Å². The van der Waals surface area contributed by atoms with E-state index in [1.54, 1.807) is 6.07 Å². The molecule has 30 heavy (non-hydrogen) atoms. The maximum absolute atomic E-state index is 15.0. The van der Waals surface area contributed by atoms with Crippen LogP contribution in [0, 0.1) is 17.0 Å². The van der Waals surface area contributed by atoms with E-state index in [1.165, 1.54) is 18.6 Å². The summed E-state index contributed by atoms with van der Waals surface area (Å²) in [6.07, 6.45) is 5.63. The van der Waals surface area contributed by atoms with E-state index in [2.05, 4.69) is 14.7 Å². The topological polar surface area (TPSA) is 125 Å².